The third-order valence-electron chi connectivity index (χ3n) is 4.52. The van der Waals surface area contributed by atoms with Crippen molar-refractivity contribution < 1.29 is 27.1 Å². The van der Waals surface area contributed by atoms with Crippen LogP contribution in [0.4, 0.5) is 4.39 Å². The topological polar surface area (TPSA) is 84.9 Å². The van der Waals surface area contributed by atoms with Gasteiger partial charge in [0.2, 0.25) is 10.0 Å². The molecule has 0 saturated carbocycles. The maximum absolute atomic E-state index is 12.9. The van der Waals surface area contributed by atoms with E-state index in [0.29, 0.717) is 37.6 Å². The predicted octanol–water partition coefficient (Wildman–Crippen LogP) is 1.85. The van der Waals surface area contributed by atoms with Crippen LogP contribution >= 0.6 is 0 Å². The average molecular weight is 422 g/mol. The lowest BCUT2D eigenvalue weighted by molar-refractivity contribution is -0.123. The quantitative estimate of drug-likeness (QED) is 0.736. The van der Waals surface area contributed by atoms with E-state index in [9.17, 15) is 17.6 Å². The molecule has 0 aromatic heterocycles. The Kier molecular flexibility index (Phi) is 6.83. The van der Waals surface area contributed by atoms with Crippen LogP contribution in [0.1, 0.15) is 11.1 Å². The maximum Gasteiger partial charge on any atom is 0.258 e. The molecule has 156 valence electrons. The Morgan fingerprint density at radius 2 is 1.86 bits per heavy atom. The smallest absolute Gasteiger partial charge is 0.258 e. The Morgan fingerprint density at radius 1 is 1.17 bits per heavy atom. The van der Waals surface area contributed by atoms with E-state index in [-0.39, 0.29) is 29.8 Å². The number of hydrogen-bond acceptors (Lipinski definition) is 5. The minimum absolute atomic E-state index is 0.185. The van der Waals surface area contributed by atoms with Gasteiger partial charge >= 0.3 is 0 Å². The summed E-state index contributed by atoms with van der Waals surface area (Å²) in [7, 11) is -3.58. The van der Waals surface area contributed by atoms with Crippen LogP contribution < -0.4 is 10.1 Å². The summed E-state index contributed by atoms with van der Waals surface area (Å²) in [6.07, 6.45) is 0. The number of morpholine rings is 1. The Bertz CT molecular complexity index is 957. The van der Waals surface area contributed by atoms with Gasteiger partial charge in [-0.25, -0.2) is 12.8 Å². The molecule has 1 aliphatic rings. The molecule has 1 aliphatic heterocycles. The normalized spacial score (nSPS) is 15.1. The number of rotatable bonds is 7. The molecule has 2 aromatic rings. The van der Waals surface area contributed by atoms with Gasteiger partial charge in [-0.2, -0.15) is 4.31 Å². The molecule has 2 aromatic carbocycles. The van der Waals surface area contributed by atoms with Gasteiger partial charge < -0.3 is 14.8 Å². The van der Waals surface area contributed by atoms with Crippen molar-refractivity contribution in [1.82, 2.24) is 9.62 Å². The summed E-state index contributed by atoms with van der Waals surface area (Å²) < 4.78 is 50.4. The second kappa shape index (κ2) is 9.34. The second-order valence-electron chi connectivity index (χ2n) is 6.64. The van der Waals surface area contributed by atoms with Crippen molar-refractivity contribution in [3.05, 3.63) is 59.4 Å². The van der Waals surface area contributed by atoms with E-state index < -0.39 is 10.0 Å². The Balaban J connectivity index is 1.56. The first kappa shape index (κ1) is 21.2. The van der Waals surface area contributed by atoms with E-state index in [4.69, 9.17) is 9.47 Å². The van der Waals surface area contributed by atoms with Crippen LogP contribution in [0.3, 0.4) is 0 Å². The van der Waals surface area contributed by atoms with Crippen molar-refractivity contribution in [3.8, 4) is 5.75 Å². The van der Waals surface area contributed by atoms with Crippen molar-refractivity contribution in [1.29, 1.82) is 0 Å². The molecule has 1 fully saturated rings. The largest absolute Gasteiger partial charge is 0.484 e. The zero-order valence-corrected chi connectivity index (χ0v) is 16.9. The number of aryl methyl sites for hydroxylation is 1. The molecule has 1 heterocycles. The summed E-state index contributed by atoms with van der Waals surface area (Å²) in [6, 6.07) is 10.4. The third-order valence-corrected chi connectivity index (χ3v) is 6.41. The molecule has 1 N–H and O–H groups in total. The van der Waals surface area contributed by atoms with Crippen LogP contribution in [0.5, 0.6) is 5.75 Å². The predicted molar refractivity (Wildman–Crippen MR) is 104 cm³/mol. The lowest BCUT2D eigenvalue weighted by atomic mass is 10.2. The van der Waals surface area contributed by atoms with Gasteiger partial charge in [-0.15, -0.1) is 0 Å². The Labute approximate surface area is 169 Å². The van der Waals surface area contributed by atoms with Gasteiger partial charge in [-0.05, 0) is 48.4 Å². The minimum Gasteiger partial charge on any atom is -0.484 e. The van der Waals surface area contributed by atoms with Gasteiger partial charge in [0, 0.05) is 19.6 Å². The fraction of sp³-hybridized carbons (Fsp3) is 0.350. The Morgan fingerprint density at radius 3 is 2.52 bits per heavy atom. The number of nitrogens with one attached hydrogen (secondary N) is 1. The van der Waals surface area contributed by atoms with E-state index in [0.717, 1.165) is 5.56 Å². The number of nitrogens with zero attached hydrogens (tertiary/aromatic N) is 1. The molecule has 3 rings (SSSR count). The summed E-state index contributed by atoms with van der Waals surface area (Å²) in [4.78, 5) is 12.2. The molecular formula is C20H23FN2O5S. The number of halogens is 1. The van der Waals surface area contributed by atoms with Gasteiger partial charge in [0.25, 0.3) is 5.91 Å². The van der Waals surface area contributed by atoms with E-state index >= 15 is 0 Å². The first-order chi connectivity index (χ1) is 13.9. The average Bonchev–Trinajstić information content (AvgIpc) is 2.73. The van der Waals surface area contributed by atoms with E-state index in [1.807, 2.05) is 0 Å². The second-order valence-corrected chi connectivity index (χ2v) is 8.57. The Hall–Kier alpha value is -2.49. The highest BCUT2D eigenvalue weighted by molar-refractivity contribution is 7.89. The summed E-state index contributed by atoms with van der Waals surface area (Å²) in [5.41, 5.74) is 1.39. The lowest BCUT2D eigenvalue weighted by Gasteiger charge is -2.26. The van der Waals surface area contributed by atoms with E-state index in [1.54, 1.807) is 25.1 Å². The molecule has 0 spiro atoms. The number of carbonyl (C=O) groups excluding carboxylic acids is 1. The SMILES string of the molecule is Cc1cc(S(=O)(=O)N2CCOCC2)ccc1OCC(=O)NCc1ccc(F)cc1. The molecular weight excluding hydrogens is 399 g/mol. The first-order valence-corrected chi connectivity index (χ1v) is 10.6. The van der Waals surface area contributed by atoms with E-state index in [2.05, 4.69) is 5.32 Å². The van der Waals surface area contributed by atoms with Crippen LogP contribution in [0.25, 0.3) is 0 Å². The molecule has 1 amide bonds. The molecule has 0 aliphatic carbocycles. The standard InChI is InChI=1S/C20H23FN2O5S/c1-15-12-18(29(25,26)23-8-10-27-11-9-23)6-7-19(15)28-14-20(24)22-13-16-2-4-17(21)5-3-16/h2-7,12H,8-11,13-14H2,1H3,(H,22,24). The molecule has 0 radical (unpaired) electrons. The van der Waals surface area contributed by atoms with Gasteiger partial charge in [0.05, 0.1) is 18.1 Å². The molecule has 0 bridgehead atoms. The summed E-state index contributed by atoms with van der Waals surface area (Å²) >= 11 is 0. The van der Waals surface area contributed by atoms with Crippen molar-refractivity contribution in [2.24, 2.45) is 0 Å². The highest BCUT2D eigenvalue weighted by Crippen LogP contribution is 2.24. The fourth-order valence-electron chi connectivity index (χ4n) is 2.88. The zero-order chi connectivity index (χ0) is 20.9. The van der Waals surface area contributed by atoms with Gasteiger partial charge in [0.15, 0.2) is 6.61 Å². The van der Waals surface area contributed by atoms with Gasteiger partial charge in [-0.3, -0.25) is 4.79 Å². The van der Waals surface area contributed by atoms with Crippen LogP contribution in [0.2, 0.25) is 0 Å². The summed E-state index contributed by atoms with van der Waals surface area (Å²) in [5, 5.41) is 2.69. The number of amides is 1. The monoisotopic (exact) mass is 422 g/mol. The molecule has 0 unspecified atom stereocenters. The van der Waals surface area contributed by atoms with E-state index in [1.165, 1.54) is 28.6 Å². The minimum atomic E-state index is -3.58. The number of benzene rings is 2. The molecule has 1 saturated heterocycles. The fourth-order valence-corrected chi connectivity index (χ4v) is 4.37. The molecule has 9 heteroatoms. The van der Waals surface area contributed by atoms with Gasteiger partial charge in [-0.1, -0.05) is 12.1 Å². The summed E-state index contributed by atoms with van der Waals surface area (Å²) in [6.45, 7) is 3.19. The maximum atomic E-state index is 12.9. The van der Waals surface area contributed by atoms with Crippen LogP contribution in [-0.4, -0.2) is 51.5 Å². The first-order valence-electron chi connectivity index (χ1n) is 9.19. The van der Waals surface area contributed by atoms with Crippen molar-refractivity contribution in [2.45, 2.75) is 18.4 Å². The highest BCUT2D eigenvalue weighted by Gasteiger charge is 2.26. The molecule has 29 heavy (non-hydrogen) atoms. The zero-order valence-electron chi connectivity index (χ0n) is 16.1. The van der Waals surface area contributed by atoms with Crippen molar-refractivity contribution in [3.63, 3.8) is 0 Å². The van der Waals surface area contributed by atoms with Crippen molar-refractivity contribution >= 4 is 15.9 Å². The number of ether oxygens (including phenoxy) is 2. The number of hydrogen-bond donors (Lipinski definition) is 1. The lowest BCUT2D eigenvalue weighted by Crippen LogP contribution is -2.40. The van der Waals surface area contributed by atoms with Crippen molar-refractivity contribution in [2.75, 3.05) is 32.9 Å². The van der Waals surface area contributed by atoms with Gasteiger partial charge in [0.1, 0.15) is 11.6 Å². The highest BCUT2D eigenvalue weighted by atomic mass is 32.2. The van der Waals surface area contributed by atoms with Crippen LogP contribution in [-0.2, 0) is 26.1 Å². The molecule has 0 atom stereocenters. The number of sulfonamides is 1. The van der Waals surface area contributed by atoms with Crippen LogP contribution in [0.15, 0.2) is 47.4 Å². The third kappa shape index (κ3) is 5.53. The molecule has 7 nitrogen and oxygen atoms in total. The summed E-state index contributed by atoms with van der Waals surface area (Å²) in [5.74, 6) is -0.237. The number of carbonyl (C=O) groups is 1. The van der Waals surface area contributed by atoms with Crippen LogP contribution in [0, 0.1) is 12.7 Å².